The van der Waals surface area contributed by atoms with Crippen LogP contribution in [-0.2, 0) is 10.2 Å². The highest BCUT2D eigenvalue weighted by molar-refractivity contribution is 8.00. The third-order valence-electron chi connectivity index (χ3n) is 1.67. The Bertz CT molecular complexity index is 356. The molecule has 1 atom stereocenters. The smallest absolute Gasteiger partial charge is 0.316 e. The fourth-order valence-corrected chi connectivity index (χ4v) is 1.38. The largest absolute Gasteiger partial charge is 0.480 e. The Hall–Kier alpha value is -1.04. The molecule has 1 aromatic heterocycles. The van der Waals surface area contributed by atoms with E-state index in [2.05, 4.69) is 10.2 Å². The van der Waals surface area contributed by atoms with Gasteiger partial charge in [0.15, 0.2) is 0 Å². The first kappa shape index (κ1) is 12.0. The quantitative estimate of drug-likeness (QED) is 0.799. The first-order valence-corrected chi connectivity index (χ1v) is 5.42. The van der Waals surface area contributed by atoms with Gasteiger partial charge in [-0.3, -0.25) is 4.79 Å². The van der Waals surface area contributed by atoms with Crippen LogP contribution in [0, 0.1) is 0 Å². The van der Waals surface area contributed by atoms with Gasteiger partial charge in [-0.05, 0) is 6.92 Å². The highest BCUT2D eigenvalue weighted by Crippen LogP contribution is 2.26. The molecule has 0 saturated carbocycles. The number of carboxylic acid groups (broad SMARTS) is 1. The maximum atomic E-state index is 10.6. The van der Waals surface area contributed by atoms with Crippen molar-refractivity contribution in [1.82, 2.24) is 10.2 Å². The second-order valence-electron chi connectivity index (χ2n) is 4.22. The number of hydrogen-bond donors (Lipinski definition) is 1. The number of nitrogens with zero attached hydrogens (tertiary/aromatic N) is 2. The zero-order chi connectivity index (χ0) is 11.6. The van der Waals surface area contributed by atoms with Gasteiger partial charge in [-0.25, -0.2) is 0 Å². The Balaban J connectivity index is 2.73. The molecule has 0 spiro atoms. The van der Waals surface area contributed by atoms with E-state index >= 15 is 0 Å². The molecule has 1 N–H and O–H groups in total. The van der Waals surface area contributed by atoms with Crippen LogP contribution in [0.25, 0.3) is 0 Å². The highest BCUT2D eigenvalue weighted by Gasteiger charge is 2.23. The maximum Gasteiger partial charge on any atom is 0.316 e. The lowest BCUT2D eigenvalue weighted by atomic mass is 9.97. The van der Waals surface area contributed by atoms with Crippen LogP contribution in [0.1, 0.15) is 33.6 Å². The Kier molecular flexibility index (Phi) is 3.38. The number of rotatable bonds is 3. The van der Waals surface area contributed by atoms with Crippen LogP contribution in [0.15, 0.2) is 9.64 Å². The molecule has 0 aliphatic rings. The monoisotopic (exact) mass is 230 g/mol. The van der Waals surface area contributed by atoms with Gasteiger partial charge >= 0.3 is 5.97 Å². The van der Waals surface area contributed by atoms with Crippen LogP contribution in [0.4, 0.5) is 0 Å². The molecule has 1 unspecified atom stereocenters. The second-order valence-corrected chi connectivity index (χ2v) is 5.51. The van der Waals surface area contributed by atoms with Crippen LogP contribution in [0.2, 0.25) is 0 Å². The van der Waals surface area contributed by atoms with E-state index in [0.717, 1.165) is 11.8 Å². The average Bonchev–Trinajstić information content (AvgIpc) is 2.51. The summed E-state index contributed by atoms with van der Waals surface area (Å²) in [4.78, 5) is 10.6. The molecule has 15 heavy (non-hydrogen) atoms. The highest BCUT2D eigenvalue weighted by atomic mass is 32.2. The average molecular weight is 230 g/mol. The number of aliphatic carboxylic acids is 1. The Morgan fingerprint density at radius 2 is 2.07 bits per heavy atom. The molecule has 1 aromatic rings. The number of thioether (sulfide) groups is 1. The normalized spacial score (nSPS) is 13.9. The summed E-state index contributed by atoms with van der Waals surface area (Å²) in [6.07, 6.45) is 0. The summed E-state index contributed by atoms with van der Waals surface area (Å²) in [5, 5.41) is 16.1. The fraction of sp³-hybridized carbons (Fsp3) is 0.667. The predicted octanol–water partition coefficient (Wildman–Crippen LogP) is 1.93. The zero-order valence-corrected chi connectivity index (χ0v) is 9.96. The Morgan fingerprint density at radius 3 is 2.47 bits per heavy atom. The molecule has 0 fully saturated rings. The van der Waals surface area contributed by atoms with Crippen molar-refractivity contribution in [1.29, 1.82) is 0 Å². The van der Waals surface area contributed by atoms with Gasteiger partial charge < -0.3 is 9.52 Å². The summed E-state index contributed by atoms with van der Waals surface area (Å²) in [5.41, 5.74) is -0.210. The molecule has 0 bridgehead atoms. The van der Waals surface area contributed by atoms with Gasteiger partial charge in [0, 0.05) is 5.41 Å². The third kappa shape index (κ3) is 3.23. The Morgan fingerprint density at radius 1 is 1.47 bits per heavy atom. The van der Waals surface area contributed by atoms with Gasteiger partial charge in [-0.15, -0.1) is 10.2 Å². The van der Waals surface area contributed by atoms with Gasteiger partial charge in [0.2, 0.25) is 5.89 Å². The topological polar surface area (TPSA) is 76.2 Å². The lowest BCUT2D eigenvalue weighted by Gasteiger charge is -2.10. The number of carbonyl (C=O) groups is 1. The summed E-state index contributed by atoms with van der Waals surface area (Å²) in [5.74, 6) is -0.377. The van der Waals surface area contributed by atoms with Crippen molar-refractivity contribution in [3.63, 3.8) is 0 Å². The molecular weight excluding hydrogens is 216 g/mol. The van der Waals surface area contributed by atoms with E-state index in [-0.39, 0.29) is 5.41 Å². The van der Waals surface area contributed by atoms with E-state index in [4.69, 9.17) is 9.52 Å². The molecule has 84 valence electrons. The van der Waals surface area contributed by atoms with E-state index in [1.54, 1.807) is 6.92 Å². The minimum atomic E-state index is -0.893. The number of hydrogen-bond acceptors (Lipinski definition) is 5. The lowest BCUT2D eigenvalue weighted by Crippen LogP contribution is -2.11. The molecular formula is C9H14N2O3S. The molecule has 0 amide bonds. The first-order chi connectivity index (χ1) is 6.80. The number of carboxylic acids is 1. The van der Waals surface area contributed by atoms with Crippen molar-refractivity contribution in [2.75, 3.05) is 0 Å². The van der Waals surface area contributed by atoms with Gasteiger partial charge in [0.1, 0.15) is 5.25 Å². The summed E-state index contributed by atoms with van der Waals surface area (Å²) in [7, 11) is 0. The van der Waals surface area contributed by atoms with Crippen LogP contribution in [0.5, 0.6) is 0 Å². The number of aromatic nitrogens is 2. The molecule has 0 aromatic carbocycles. The van der Waals surface area contributed by atoms with E-state index in [1.165, 1.54) is 0 Å². The van der Waals surface area contributed by atoms with Crippen molar-refractivity contribution in [3.8, 4) is 0 Å². The molecule has 5 nitrogen and oxygen atoms in total. The fourth-order valence-electron chi connectivity index (χ4n) is 0.762. The van der Waals surface area contributed by atoms with Gasteiger partial charge in [0.05, 0.1) is 0 Å². The van der Waals surface area contributed by atoms with E-state index < -0.39 is 11.2 Å². The van der Waals surface area contributed by atoms with Crippen LogP contribution < -0.4 is 0 Å². The molecule has 1 rings (SSSR count). The van der Waals surface area contributed by atoms with Crippen LogP contribution in [0.3, 0.4) is 0 Å². The van der Waals surface area contributed by atoms with Crippen molar-refractivity contribution < 1.29 is 14.3 Å². The molecule has 1 heterocycles. The van der Waals surface area contributed by atoms with Crippen LogP contribution >= 0.6 is 11.8 Å². The maximum absolute atomic E-state index is 10.6. The lowest BCUT2D eigenvalue weighted by molar-refractivity contribution is -0.136. The van der Waals surface area contributed by atoms with Crippen molar-refractivity contribution >= 4 is 17.7 Å². The van der Waals surface area contributed by atoms with Crippen LogP contribution in [-0.4, -0.2) is 26.5 Å². The van der Waals surface area contributed by atoms with Crippen molar-refractivity contribution in [3.05, 3.63) is 5.89 Å². The summed E-state index contributed by atoms with van der Waals surface area (Å²) in [6, 6.07) is 0. The van der Waals surface area contributed by atoms with Gasteiger partial charge in [-0.1, -0.05) is 32.5 Å². The minimum Gasteiger partial charge on any atom is -0.480 e. The zero-order valence-electron chi connectivity index (χ0n) is 9.14. The molecule has 6 heteroatoms. The van der Waals surface area contributed by atoms with E-state index in [9.17, 15) is 4.79 Å². The van der Waals surface area contributed by atoms with E-state index in [0.29, 0.717) is 11.1 Å². The Labute approximate surface area is 92.3 Å². The van der Waals surface area contributed by atoms with E-state index in [1.807, 2.05) is 20.8 Å². The second kappa shape index (κ2) is 4.22. The van der Waals surface area contributed by atoms with Gasteiger partial charge in [-0.2, -0.15) is 0 Å². The van der Waals surface area contributed by atoms with Gasteiger partial charge in [0.25, 0.3) is 5.22 Å². The summed E-state index contributed by atoms with van der Waals surface area (Å²) < 4.78 is 5.35. The molecule has 0 saturated heterocycles. The molecule has 0 radical (unpaired) electrons. The SMILES string of the molecule is CC(Sc1nnc(C(C)(C)C)o1)C(=O)O. The minimum absolute atomic E-state index is 0.210. The standard InChI is InChI=1S/C9H14N2O3S/c1-5(6(12)13)15-8-11-10-7(14-8)9(2,3)4/h5H,1-4H3,(H,12,13). The molecule has 0 aliphatic carbocycles. The summed E-state index contributed by atoms with van der Waals surface area (Å²) >= 11 is 1.05. The molecule has 0 aliphatic heterocycles. The van der Waals surface area contributed by atoms with Crippen molar-refractivity contribution in [2.45, 2.75) is 43.6 Å². The third-order valence-corrected chi connectivity index (χ3v) is 2.60. The first-order valence-electron chi connectivity index (χ1n) is 4.54. The predicted molar refractivity (Wildman–Crippen MR) is 56.0 cm³/mol. The summed E-state index contributed by atoms with van der Waals surface area (Å²) in [6.45, 7) is 7.44. The van der Waals surface area contributed by atoms with Crippen molar-refractivity contribution in [2.24, 2.45) is 0 Å².